The Bertz CT molecular complexity index is 1210. The van der Waals surface area contributed by atoms with E-state index in [-0.39, 0.29) is 17.3 Å². The second-order valence-corrected chi connectivity index (χ2v) is 7.06. The number of aryl methyl sites for hydroxylation is 1. The second kappa shape index (κ2) is 8.42. The quantitative estimate of drug-likeness (QED) is 0.519. The van der Waals surface area contributed by atoms with Crippen LogP contribution in [0.5, 0.6) is 0 Å². The molecule has 150 valence electrons. The van der Waals surface area contributed by atoms with E-state index < -0.39 is 11.7 Å². The molecule has 0 aliphatic carbocycles. The number of carbonyl (C=O) groups is 1. The number of hydrogen-bond donors (Lipinski definition) is 1. The topological polar surface area (TPSA) is 72.7 Å². The van der Waals surface area contributed by atoms with Gasteiger partial charge in [-0.1, -0.05) is 41.1 Å². The summed E-state index contributed by atoms with van der Waals surface area (Å²) in [5.41, 5.74) is 3.98. The van der Waals surface area contributed by atoms with Crippen LogP contribution in [0.2, 0.25) is 5.02 Å². The van der Waals surface area contributed by atoms with Crippen LogP contribution in [-0.4, -0.2) is 25.9 Å². The lowest BCUT2D eigenvalue weighted by Crippen LogP contribution is -2.24. The van der Waals surface area contributed by atoms with Gasteiger partial charge in [-0.05, 0) is 48.4 Å². The van der Waals surface area contributed by atoms with Crippen molar-refractivity contribution in [2.75, 3.05) is 0 Å². The van der Waals surface area contributed by atoms with Crippen molar-refractivity contribution in [2.45, 2.75) is 13.5 Å². The second-order valence-electron chi connectivity index (χ2n) is 6.65. The largest absolute Gasteiger partial charge is 0.346 e. The van der Waals surface area contributed by atoms with Gasteiger partial charge in [-0.25, -0.2) is 9.07 Å². The summed E-state index contributed by atoms with van der Waals surface area (Å²) in [6, 6.07) is 15.6. The zero-order valence-corrected chi connectivity index (χ0v) is 16.8. The first-order valence-corrected chi connectivity index (χ1v) is 9.56. The summed E-state index contributed by atoms with van der Waals surface area (Å²) in [6.45, 7) is 2.14. The Morgan fingerprint density at radius 1 is 1.13 bits per heavy atom. The summed E-state index contributed by atoms with van der Waals surface area (Å²) in [4.78, 5) is 17.0. The van der Waals surface area contributed by atoms with Gasteiger partial charge >= 0.3 is 0 Å². The first-order chi connectivity index (χ1) is 14.5. The Hall–Kier alpha value is -3.58. The molecule has 8 heteroatoms. The SMILES string of the molecule is Cc1ccccc1-n1nnc(C(=O)NCc2ccc(F)c(Cl)c2)c1-c1ccncc1. The van der Waals surface area contributed by atoms with Crippen molar-refractivity contribution in [1.82, 2.24) is 25.3 Å². The zero-order valence-electron chi connectivity index (χ0n) is 16.0. The van der Waals surface area contributed by atoms with Gasteiger partial charge in [0.1, 0.15) is 11.5 Å². The molecule has 2 aromatic heterocycles. The minimum absolute atomic E-state index is 0.00437. The van der Waals surface area contributed by atoms with E-state index in [1.54, 1.807) is 35.3 Å². The Balaban J connectivity index is 1.70. The molecule has 0 aliphatic heterocycles. The van der Waals surface area contributed by atoms with E-state index in [4.69, 9.17) is 11.6 Å². The molecule has 0 saturated heterocycles. The van der Waals surface area contributed by atoms with E-state index in [0.717, 1.165) is 16.8 Å². The lowest BCUT2D eigenvalue weighted by Gasteiger charge is -2.11. The average molecular weight is 422 g/mol. The molecule has 0 atom stereocenters. The highest BCUT2D eigenvalue weighted by Gasteiger charge is 2.22. The van der Waals surface area contributed by atoms with Crippen LogP contribution in [0.25, 0.3) is 16.9 Å². The summed E-state index contributed by atoms with van der Waals surface area (Å²) in [5.74, 6) is -0.907. The molecule has 0 fully saturated rings. The van der Waals surface area contributed by atoms with Gasteiger partial charge in [-0.15, -0.1) is 5.10 Å². The van der Waals surface area contributed by atoms with E-state index in [2.05, 4.69) is 20.6 Å². The summed E-state index contributed by atoms with van der Waals surface area (Å²) >= 11 is 5.82. The van der Waals surface area contributed by atoms with Crippen LogP contribution >= 0.6 is 11.6 Å². The number of hydrogen-bond acceptors (Lipinski definition) is 4. The molecule has 0 saturated carbocycles. The van der Waals surface area contributed by atoms with Crippen LogP contribution < -0.4 is 5.32 Å². The lowest BCUT2D eigenvalue weighted by atomic mass is 10.1. The van der Waals surface area contributed by atoms with Crippen LogP contribution in [0, 0.1) is 12.7 Å². The zero-order chi connectivity index (χ0) is 21.1. The Morgan fingerprint density at radius 3 is 2.63 bits per heavy atom. The van der Waals surface area contributed by atoms with E-state index >= 15 is 0 Å². The fraction of sp³-hybridized carbons (Fsp3) is 0.0909. The maximum atomic E-state index is 13.4. The molecule has 0 bridgehead atoms. The number of rotatable bonds is 5. The summed E-state index contributed by atoms with van der Waals surface area (Å²) in [6.07, 6.45) is 3.29. The minimum Gasteiger partial charge on any atom is -0.346 e. The fourth-order valence-corrected chi connectivity index (χ4v) is 3.29. The van der Waals surface area contributed by atoms with E-state index in [9.17, 15) is 9.18 Å². The normalized spacial score (nSPS) is 10.8. The summed E-state index contributed by atoms with van der Waals surface area (Å²) in [5, 5.41) is 11.2. The monoisotopic (exact) mass is 421 g/mol. The molecule has 2 aromatic carbocycles. The summed E-state index contributed by atoms with van der Waals surface area (Å²) in [7, 11) is 0. The van der Waals surface area contributed by atoms with Crippen molar-refractivity contribution in [1.29, 1.82) is 0 Å². The van der Waals surface area contributed by atoms with Crippen LogP contribution in [-0.2, 0) is 6.54 Å². The molecule has 0 radical (unpaired) electrons. The maximum absolute atomic E-state index is 13.4. The number of carbonyl (C=O) groups excluding carboxylic acids is 1. The fourth-order valence-electron chi connectivity index (χ4n) is 3.09. The average Bonchev–Trinajstić information content (AvgIpc) is 3.20. The van der Waals surface area contributed by atoms with E-state index in [1.807, 2.05) is 31.2 Å². The number of pyridine rings is 1. The van der Waals surface area contributed by atoms with Crippen LogP contribution in [0.1, 0.15) is 21.6 Å². The third kappa shape index (κ3) is 3.92. The van der Waals surface area contributed by atoms with Crippen molar-refractivity contribution < 1.29 is 9.18 Å². The third-order valence-electron chi connectivity index (χ3n) is 4.62. The van der Waals surface area contributed by atoms with Crippen molar-refractivity contribution in [3.63, 3.8) is 0 Å². The molecule has 1 amide bonds. The highest BCUT2D eigenvalue weighted by atomic mass is 35.5. The molecule has 1 N–H and O–H groups in total. The van der Waals surface area contributed by atoms with Gasteiger partial charge in [0.2, 0.25) is 0 Å². The van der Waals surface area contributed by atoms with Crippen LogP contribution in [0.4, 0.5) is 4.39 Å². The molecule has 0 unspecified atom stereocenters. The number of aromatic nitrogens is 4. The van der Waals surface area contributed by atoms with Crippen molar-refractivity contribution in [2.24, 2.45) is 0 Å². The van der Waals surface area contributed by atoms with Crippen LogP contribution in [0.15, 0.2) is 67.0 Å². The molecule has 0 aliphatic rings. The van der Waals surface area contributed by atoms with Gasteiger partial charge in [0, 0.05) is 24.5 Å². The first-order valence-electron chi connectivity index (χ1n) is 9.19. The molecular formula is C22H17ClFN5O. The smallest absolute Gasteiger partial charge is 0.274 e. The van der Waals surface area contributed by atoms with Crippen LogP contribution in [0.3, 0.4) is 0 Å². The Morgan fingerprint density at radius 2 is 1.90 bits per heavy atom. The van der Waals surface area contributed by atoms with Crippen molar-refractivity contribution in [3.05, 3.63) is 94.7 Å². The van der Waals surface area contributed by atoms with Gasteiger partial charge < -0.3 is 5.32 Å². The first kappa shape index (κ1) is 19.7. The number of nitrogens with one attached hydrogen (secondary N) is 1. The number of para-hydroxylation sites is 1. The lowest BCUT2D eigenvalue weighted by molar-refractivity contribution is 0.0946. The molecule has 6 nitrogen and oxygen atoms in total. The molecule has 2 heterocycles. The van der Waals surface area contributed by atoms with E-state index in [0.29, 0.717) is 11.3 Å². The molecule has 30 heavy (non-hydrogen) atoms. The molecule has 0 spiro atoms. The molecule has 4 aromatic rings. The highest BCUT2D eigenvalue weighted by molar-refractivity contribution is 6.30. The van der Waals surface area contributed by atoms with Gasteiger partial charge in [0.15, 0.2) is 5.69 Å². The van der Waals surface area contributed by atoms with Gasteiger partial charge in [0.05, 0.1) is 10.7 Å². The Kier molecular flexibility index (Phi) is 5.54. The number of halogens is 2. The third-order valence-corrected chi connectivity index (χ3v) is 4.91. The van der Waals surface area contributed by atoms with Gasteiger partial charge in [-0.3, -0.25) is 9.78 Å². The number of amides is 1. The minimum atomic E-state index is -0.507. The van der Waals surface area contributed by atoms with Crippen molar-refractivity contribution in [3.8, 4) is 16.9 Å². The number of benzene rings is 2. The van der Waals surface area contributed by atoms with Gasteiger partial charge in [-0.2, -0.15) is 0 Å². The summed E-state index contributed by atoms with van der Waals surface area (Å²) < 4.78 is 15.0. The molecular weight excluding hydrogens is 405 g/mol. The predicted molar refractivity (Wildman–Crippen MR) is 112 cm³/mol. The predicted octanol–water partition coefficient (Wildman–Crippen LogP) is 4.36. The van der Waals surface area contributed by atoms with Gasteiger partial charge in [0.25, 0.3) is 5.91 Å². The van der Waals surface area contributed by atoms with Crippen molar-refractivity contribution >= 4 is 17.5 Å². The number of nitrogens with zero attached hydrogens (tertiary/aromatic N) is 4. The maximum Gasteiger partial charge on any atom is 0.274 e. The standard InChI is InChI=1S/C22H17ClFN5O/c1-14-4-2-3-5-19(14)29-21(16-8-10-25-11-9-16)20(27-28-29)22(30)26-13-15-6-7-18(24)17(23)12-15/h2-12H,13H2,1H3,(H,26,30). The molecule has 4 rings (SSSR count). The Labute approximate surface area is 177 Å². The van der Waals surface area contributed by atoms with E-state index in [1.165, 1.54) is 12.1 Å². The highest BCUT2D eigenvalue weighted by Crippen LogP contribution is 2.26.